The van der Waals surface area contributed by atoms with Crippen molar-refractivity contribution in [1.29, 1.82) is 0 Å². The first-order valence-electron chi connectivity index (χ1n) is 5.63. The van der Waals surface area contributed by atoms with Crippen molar-refractivity contribution >= 4 is 28.1 Å². The maximum absolute atomic E-state index is 11.8. The number of rotatable bonds is 5. The van der Waals surface area contributed by atoms with E-state index in [1.807, 2.05) is 0 Å². The highest BCUT2D eigenvalue weighted by Crippen LogP contribution is 2.18. The lowest BCUT2D eigenvalue weighted by Crippen LogP contribution is -2.23. The summed E-state index contributed by atoms with van der Waals surface area (Å²) < 4.78 is 0. The minimum Gasteiger partial charge on any atom is -0.363 e. The first-order valence-corrected chi connectivity index (χ1v) is 6.45. The van der Waals surface area contributed by atoms with Gasteiger partial charge in [-0.2, -0.15) is 0 Å². The zero-order valence-corrected chi connectivity index (χ0v) is 11.3. The Kier molecular flexibility index (Phi) is 4.20. The molecule has 2 rings (SSSR count). The average molecular weight is 293 g/mol. The summed E-state index contributed by atoms with van der Waals surface area (Å²) in [5, 5.41) is 24.4. The lowest BCUT2D eigenvalue weighted by Gasteiger charge is -2.03. The highest BCUT2D eigenvalue weighted by molar-refractivity contribution is 7.17. The average Bonchev–Trinajstić information content (AvgIpc) is 2.94. The third kappa shape index (κ3) is 3.06. The van der Waals surface area contributed by atoms with Gasteiger partial charge in [0, 0.05) is 25.2 Å². The molecule has 0 saturated heterocycles. The van der Waals surface area contributed by atoms with E-state index in [0.29, 0.717) is 10.7 Å². The molecule has 0 aliphatic rings. The van der Waals surface area contributed by atoms with Gasteiger partial charge in [-0.25, -0.2) is 0 Å². The standard InChI is InChI=1S/C11H11N5O3S/c1-12-11-15-14-10(20-11)9(17)13-6-7-4-2-3-5-8(7)16(18)19/h2-5H,6H2,1H3,(H,12,15)(H,13,17). The number of nitrogens with one attached hydrogen (secondary N) is 2. The first-order chi connectivity index (χ1) is 9.61. The molecule has 0 bridgehead atoms. The van der Waals surface area contributed by atoms with Gasteiger partial charge in [0.1, 0.15) is 0 Å². The Morgan fingerprint density at radius 3 is 2.80 bits per heavy atom. The SMILES string of the molecule is CNc1nnc(C(=O)NCc2ccccc2[N+](=O)[O-])s1. The van der Waals surface area contributed by atoms with E-state index in [1.54, 1.807) is 25.2 Å². The van der Waals surface area contributed by atoms with Gasteiger partial charge in [-0.05, 0) is 0 Å². The minimum absolute atomic E-state index is 0.0269. The Morgan fingerprint density at radius 1 is 1.40 bits per heavy atom. The number of nitro benzene ring substituents is 1. The first kappa shape index (κ1) is 13.9. The van der Waals surface area contributed by atoms with Crippen LogP contribution >= 0.6 is 11.3 Å². The van der Waals surface area contributed by atoms with E-state index in [2.05, 4.69) is 20.8 Å². The molecule has 20 heavy (non-hydrogen) atoms. The molecule has 0 saturated carbocycles. The van der Waals surface area contributed by atoms with Crippen LogP contribution in [-0.4, -0.2) is 28.1 Å². The van der Waals surface area contributed by atoms with Crippen LogP contribution in [0.5, 0.6) is 0 Å². The van der Waals surface area contributed by atoms with Gasteiger partial charge >= 0.3 is 0 Å². The normalized spacial score (nSPS) is 10.1. The molecule has 8 nitrogen and oxygen atoms in total. The Morgan fingerprint density at radius 2 is 2.15 bits per heavy atom. The molecule has 0 fully saturated rings. The van der Waals surface area contributed by atoms with E-state index < -0.39 is 10.8 Å². The van der Waals surface area contributed by atoms with Crippen molar-refractivity contribution < 1.29 is 9.72 Å². The van der Waals surface area contributed by atoms with Gasteiger partial charge in [0.05, 0.1) is 4.92 Å². The summed E-state index contributed by atoms with van der Waals surface area (Å²) in [6, 6.07) is 6.25. The van der Waals surface area contributed by atoms with Gasteiger partial charge in [0.25, 0.3) is 11.6 Å². The van der Waals surface area contributed by atoms with E-state index >= 15 is 0 Å². The van der Waals surface area contributed by atoms with E-state index in [1.165, 1.54) is 6.07 Å². The van der Waals surface area contributed by atoms with Gasteiger partial charge in [0.2, 0.25) is 10.1 Å². The molecule has 1 aromatic heterocycles. The van der Waals surface area contributed by atoms with Gasteiger partial charge in [-0.15, -0.1) is 10.2 Å². The number of para-hydroxylation sites is 1. The van der Waals surface area contributed by atoms with E-state index in [4.69, 9.17) is 0 Å². The zero-order valence-electron chi connectivity index (χ0n) is 10.5. The highest BCUT2D eigenvalue weighted by Gasteiger charge is 2.15. The molecule has 1 aromatic carbocycles. The van der Waals surface area contributed by atoms with Crippen molar-refractivity contribution in [1.82, 2.24) is 15.5 Å². The Balaban J connectivity index is 2.05. The molecule has 1 amide bonds. The molecule has 0 atom stereocenters. The van der Waals surface area contributed by atoms with Crippen LogP contribution in [0.2, 0.25) is 0 Å². The predicted octanol–water partition coefficient (Wildman–Crippen LogP) is 1.42. The van der Waals surface area contributed by atoms with Crippen molar-refractivity contribution in [3.05, 3.63) is 45.0 Å². The molecule has 0 unspecified atom stereocenters. The van der Waals surface area contributed by atoms with E-state index in [0.717, 1.165) is 11.3 Å². The summed E-state index contributed by atoms with van der Waals surface area (Å²) in [4.78, 5) is 22.2. The largest absolute Gasteiger partial charge is 0.363 e. The van der Waals surface area contributed by atoms with Crippen LogP contribution in [0, 0.1) is 10.1 Å². The molecule has 0 aliphatic heterocycles. The zero-order chi connectivity index (χ0) is 14.5. The second-order valence-electron chi connectivity index (χ2n) is 3.73. The summed E-state index contributed by atoms with van der Waals surface area (Å²) >= 11 is 1.11. The number of aromatic nitrogens is 2. The van der Waals surface area contributed by atoms with Gasteiger partial charge in [-0.1, -0.05) is 29.5 Å². The van der Waals surface area contributed by atoms with E-state index in [9.17, 15) is 14.9 Å². The Hall–Kier alpha value is -2.55. The second-order valence-corrected chi connectivity index (χ2v) is 4.71. The maximum atomic E-state index is 11.8. The van der Waals surface area contributed by atoms with Crippen molar-refractivity contribution in [3.8, 4) is 0 Å². The fraction of sp³-hybridized carbons (Fsp3) is 0.182. The van der Waals surface area contributed by atoms with Crippen LogP contribution in [0.15, 0.2) is 24.3 Å². The van der Waals surface area contributed by atoms with Crippen LogP contribution in [0.1, 0.15) is 15.4 Å². The minimum atomic E-state index is -0.481. The topological polar surface area (TPSA) is 110 Å². The molecular weight excluding hydrogens is 282 g/mol. The Labute approximate surface area is 118 Å². The molecule has 1 heterocycles. The molecular formula is C11H11N5O3S. The van der Waals surface area contributed by atoms with Gasteiger partial charge < -0.3 is 10.6 Å². The number of nitro groups is 1. The molecule has 0 radical (unpaired) electrons. The molecule has 104 valence electrons. The molecule has 0 aliphatic carbocycles. The number of hydrogen-bond donors (Lipinski definition) is 2. The van der Waals surface area contributed by atoms with Crippen molar-refractivity contribution in [2.75, 3.05) is 12.4 Å². The highest BCUT2D eigenvalue weighted by atomic mass is 32.1. The van der Waals surface area contributed by atoms with Gasteiger partial charge in [-0.3, -0.25) is 14.9 Å². The molecule has 0 spiro atoms. The van der Waals surface area contributed by atoms with Crippen LogP contribution in [0.3, 0.4) is 0 Å². The third-order valence-corrected chi connectivity index (χ3v) is 3.40. The van der Waals surface area contributed by atoms with Crippen molar-refractivity contribution in [2.45, 2.75) is 6.54 Å². The molecule has 2 aromatic rings. The summed E-state index contributed by atoms with van der Waals surface area (Å²) in [5.41, 5.74) is 0.408. The monoisotopic (exact) mass is 293 g/mol. The quantitative estimate of drug-likeness (QED) is 0.637. The molecule has 2 N–H and O–H groups in total. The van der Waals surface area contributed by atoms with Gasteiger partial charge in [0.15, 0.2) is 0 Å². The van der Waals surface area contributed by atoms with Crippen LogP contribution in [0.4, 0.5) is 10.8 Å². The number of benzene rings is 1. The number of carbonyl (C=O) groups is 1. The number of amides is 1. The predicted molar refractivity (Wildman–Crippen MR) is 73.7 cm³/mol. The summed E-state index contributed by atoms with van der Waals surface area (Å²) in [5.74, 6) is -0.415. The Bertz CT molecular complexity index is 642. The fourth-order valence-corrected chi connectivity index (χ4v) is 2.12. The van der Waals surface area contributed by atoms with Crippen LogP contribution in [-0.2, 0) is 6.54 Å². The summed E-state index contributed by atoms with van der Waals surface area (Å²) in [6.45, 7) is 0.0600. The van der Waals surface area contributed by atoms with Crippen molar-refractivity contribution in [2.24, 2.45) is 0 Å². The second kappa shape index (κ2) is 6.06. The number of anilines is 1. The summed E-state index contributed by atoms with van der Waals surface area (Å²) in [6.07, 6.45) is 0. The van der Waals surface area contributed by atoms with Crippen molar-refractivity contribution in [3.63, 3.8) is 0 Å². The fourth-order valence-electron chi connectivity index (χ4n) is 1.51. The van der Waals surface area contributed by atoms with Crippen LogP contribution < -0.4 is 10.6 Å². The number of hydrogen-bond acceptors (Lipinski definition) is 7. The smallest absolute Gasteiger partial charge is 0.282 e. The lowest BCUT2D eigenvalue weighted by molar-refractivity contribution is -0.385. The lowest BCUT2D eigenvalue weighted by atomic mass is 10.2. The summed E-state index contributed by atoms with van der Waals surface area (Å²) in [7, 11) is 1.68. The van der Waals surface area contributed by atoms with E-state index in [-0.39, 0.29) is 17.2 Å². The number of nitrogens with zero attached hydrogens (tertiary/aromatic N) is 3. The number of carbonyl (C=O) groups excluding carboxylic acids is 1. The maximum Gasteiger partial charge on any atom is 0.282 e. The third-order valence-electron chi connectivity index (χ3n) is 2.46. The van der Waals surface area contributed by atoms with Crippen LogP contribution in [0.25, 0.3) is 0 Å². The molecule has 9 heteroatoms.